The van der Waals surface area contributed by atoms with Gasteiger partial charge in [-0.3, -0.25) is 19.9 Å². The number of ether oxygens (including phenoxy) is 1. The minimum Gasteiger partial charge on any atom is -0.497 e. The van der Waals surface area contributed by atoms with Crippen molar-refractivity contribution in [3.63, 3.8) is 0 Å². The SMILES string of the molecule is C=C(C(=O)N(CC)Cc1ccncc1)C1(NCS(=O)(=O)c2ccc(OC)cc2)C(C)=CC=CC1C(=O)O. The van der Waals surface area contributed by atoms with Crippen LogP contribution in [0.4, 0.5) is 0 Å². The maximum absolute atomic E-state index is 13.7. The Bertz CT molecular complexity index is 1320. The maximum Gasteiger partial charge on any atom is 0.312 e. The summed E-state index contributed by atoms with van der Waals surface area (Å²) in [5, 5.41) is 13.0. The molecule has 196 valence electrons. The van der Waals surface area contributed by atoms with Crippen LogP contribution >= 0.6 is 0 Å². The second kappa shape index (κ2) is 11.5. The van der Waals surface area contributed by atoms with E-state index in [9.17, 15) is 23.1 Å². The minimum absolute atomic E-state index is 0.0284. The first kappa shape index (κ1) is 27.8. The van der Waals surface area contributed by atoms with Gasteiger partial charge in [0.1, 0.15) is 17.5 Å². The molecule has 3 rings (SSSR count). The number of likely N-dealkylation sites (N-methyl/N-ethyl adjacent to an activating group) is 1. The van der Waals surface area contributed by atoms with Crippen molar-refractivity contribution in [2.24, 2.45) is 5.92 Å². The number of hydrogen-bond acceptors (Lipinski definition) is 7. The van der Waals surface area contributed by atoms with Crippen molar-refractivity contribution < 1.29 is 27.9 Å². The molecule has 0 radical (unpaired) electrons. The number of carboxylic acid groups (broad SMARTS) is 1. The van der Waals surface area contributed by atoms with Gasteiger partial charge in [0.2, 0.25) is 0 Å². The van der Waals surface area contributed by atoms with E-state index in [1.54, 1.807) is 50.5 Å². The van der Waals surface area contributed by atoms with Crippen LogP contribution in [0.15, 0.2) is 89.6 Å². The number of carbonyl (C=O) groups is 2. The third kappa shape index (κ3) is 5.81. The van der Waals surface area contributed by atoms with Crippen LogP contribution in [0.5, 0.6) is 5.75 Å². The largest absolute Gasteiger partial charge is 0.497 e. The summed E-state index contributed by atoms with van der Waals surface area (Å²) in [5.74, 6) is -3.09. The van der Waals surface area contributed by atoms with Crippen LogP contribution in [-0.2, 0) is 26.0 Å². The van der Waals surface area contributed by atoms with Crippen LogP contribution < -0.4 is 10.1 Å². The second-order valence-corrected chi connectivity index (χ2v) is 10.6. The molecule has 1 aliphatic carbocycles. The number of amides is 1. The van der Waals surface area contributed by atoms with Gasteiger partial charge >= 0.3 is 5.97 Å². The summed E-state index contributed by atoms with van der Waals surface area (Å²) in [6, 6.07) is 9.43. The first-order valence-corrected chi connectivity index (χ1v) is 13.3. The normalized spacial score (nSPS) is 19.1. The summed E-state index contributed by atoms with van der Waals surface area (Å²) in [6.07, 6.45) is 7.91. The van der Waals surface area contributed by atoms with Crippen LogP contribution in [0.2, 0.25) is 0 Å². The summed E-state index contributed by atoms with van der Waals surface area (Å²) >= 11 is 0. The first-order valence-electron chi connectivity index (χ1n) is 11.6. The number of allylic oxidation sites excluding steroid dienone is 2. The molecule has 0 saturated carbocycles. The van der Waals surface area contributed by atoms with Gasteiger partial charge in [0.15, 0.2) is 9.84 Å². The molecular weight excluding hydrogens is 494 g/mol. The van der Waals surface area contributed by atoms with Gasteiger partial charge in [0.25, 0.3) is 5.91 Å². The summed E-state index contributed by atoms with van der Waals surface area (Å²) in [6.45, 7) is 8.07. The van der Waals surface area contributed by atoms with Gasteiger partial charge < -0.3 is 14.7 Å². The highest BCUT2D eigenvalue weighted by Crippen LogP contribution is 2.38. The number of aliphatic carboxylic acids is 1. The molecule has 1 aromatic heterocycles. The van der Waals surface area contributed by atoms with Crippen LogP contribution in [0.1, 0.15) is 19.4 Å². The first-order chi connectivity index (χ1) is 17.6. The van der Waals surface area contributed by atoms with Crippen molar-refractivity contribution in [2.75, 3.05) is 19.5 Å². The van der Waals surface area contributed by atoms with Crippen molar-refractivity contribution in [1.82, 2.24) is 15.2 Å². The van der Waals surface area contributed by atoms with Crippen LogP contribution in [0, 0.1) is 5.92 Å². The Morgan fingerprint density at radius 3 is 2.41 bits per heavy atom. The van der Waals surface area contributed by atoms with Crippen molar-refractivity contribution in [2.45, 2.75) is 30.8 Å². The minimum atomic E-state index is -3.91. The lowest BCUT2D eigenvalue weighted by Gasteiger charge is -2.43. The lowest BCUT2D eigenvalue weighted by atomic mass is 9.70. The van der Waals surface area contributed by atoms with Crippen LogP contribution in [-0.4, -0.2) is 60.4 Å². The third-order valence-corrected chi connectivity index (χ3v) is 8.00. The lowest BCUT2D eigenvalue weighted by Crippen LogP contribution is -2.60. The Hall–Kier alpha value is -3.76. The summed E-state index contributed by atoms with van der Waals surface area (Å²) in [5.41, 5.74) is -0.416. The van der Waals surface area contributed by atoms with Gasteiger partial charge in [0, 0.05) is 31.1 Å². The number of methoxy groups -OCH3 is 1. The van der Waals surface area contributed by atoms with E-state index in [0.717, 1.165) is 5.56 Å². The average molecular weight is 526 g/mol. The number of nitrogens with one attached hydrogen (secondary N) is 1. The van der Waals surface area contributed by atoms with Crippen LogP contribution in [0.3, 0.4) is 0 Å². The van der Waals surface area contributed by atoms with Gasteiger partial charge in [-0.1, -0.05) is 24.8 Å². The Morgan fingerprint density at radius 1 is 1.19 bits per heavy atom. The van der Waals surface area contributed by atoms with E-state index in [1.807, 2.05) is 0 Å². The maximum atomic E-state index is 13.7. The van der Waals surface area contributed by atoms with Crippen molar-refractivity contribution in [3.05, 3.63) is 90.3 Å². The van der Waals surface area contributed by atoms with Crippen molar-refractivity contribution in [1.29, 1.82) is 0 Å². The Labute approximate surface area is 217 Å². The number of nitrogens with zero attached hydrogens (tertiary/aromatic N) is 2. The molecular formula is C27H31N3O6S. The highest BCUT2D eigenvalue weighted by Gasteiger charge is 2.50. The van der Waals surface area contributed by atoms with Gasteiger partial charge in [-0.15, -0.1) is 0 Å². The number of aromatic nitrogens is 1. The molecule has 0 bridgehead atoms. The fourth-order valence-electron chi connectivity index (χ4n) is 4.35. The summed E-state index contributed by atoms with van der Waals surface area (Å²) in [4.78, 5) is 31.7. The summed E-state index contributed by atoms with van der Waals surface area (Å²) in [7, 11) is -2.44. The number of carbonyl (C=O) groups excluding carboxylic acids is 1. The smallest absolute Gasteiger partial charge is 0.312 e. The van der Waals surface area contributed by atoms with E-state index in [2.05, 4.69) is 16.9 Å². The fraction of sp³-hybridized carbons (Fsp3) is 0.296. The molecule has 2 atom stereocenters. The van der Waals surface area contributed by atoms with E-state index in [1.165, 1.54) is 42.4 Å². The van der Waals surface area contributed by atoms with Crippen molar-refractivity contribution in [3.8, 4) is 5.75 Å². The zero-order valence-electron chi connectivity index (χ0n) is 21.0. The molecule has 1 aliphatic rings. The highest BCUT2D eigenvalue weighted by atomic mass is 32.2. The highest BCUT2D eigenvalue weighted by molar-refractivity contribution is 7.91. The molecule has 0 fully saturated rings. The van der Waals surface area contributed by atoms with Crippen LogP contribution in [0.25, 0.3) is 0 Å². The molecule has 9 nitrogen and oxygen atoms in total. The predicted molar refractivity (Wildman–Crippen MR) is 139 cm³/mol. The molecule has 0 saturated heterocycles. The number of pyridine rings is 1. The van der Waals surface area contributed by atoms with E-state index in [4.69, 9.17) is 4.74 Å². The number of hydrogen-bond donors (Lipinski definition) is 2. The molecule has 10 heteroatoms. The zero-order chi connectivity index (χ0) is 27.2. The van der Waals surface area contributed by atoms with E-state index >= 15 is 0 Å². The topological polar surface area (TPSA) is 126 Å². The Balaban J connectivity index is 1.99. The second-order valence-electron chi connectivity index (χ2n) is 8.62. The molecule has 2 aromatic rings. The quantitative estimate of drug-likeness (QED) is 0.429. The third-order valence-electron chi connectivity index (χ3n) is 6.49. The molecule has 0 spiro atoms. The molecule has 2 N–H and O–H groups in total. The number of sulfone groups is 1. The fourth-order valence-corrected chi connectivity index (χ4v) is 5.49. The molecule has 37 heavy (non-hydrogen) atoms. The molecule has 1 amide bonds. The molecule has 2 unspecified atom stereocenters. The average Bonchev–Trinajstić information content (AvgIpc) is 2.90. The Morgan fingerprint density at radius 2 is 1.84 bits per heavy atom. The number of rotatable bonds is 11. The molecule has 1 heterocycles. The van der Waals surface area contributed by atoms with E-state index in [-0.39, 0.29) is 17.0 Å². The van der Waals surface area contributed by atoms with E-state index < -0.39 is 39.0 Å². The van der Waals surface area contributed by atoms with Gasteiger partial charge in [0.05, 0.1) is 17.5 Å². The van der Waals surface area contributed by atoms with E-state index in [0.29, 0.717) is 17.9 Å². The van der Waals surface area contributed by atoms with Gasteiger partial charge in [-0.25, -0.2) is 8.42 Å². The number of carboxylic acids is 1. The Kier molecular flexibility index (Phi) is 8.67. The predicted octanol–water partition coefficient (Wildman–Crippen LogP) is 2.97. The number of benzene rings is 1. The summed E-state index contributed by atoms with van der Waals surface area (Å²) < 4.78 is 31.5. The van der Waals surface area contributed by atoms with Gasteiger partial charge in [-0.05, 0) is 61.4 Å². The monoisotopic (exact) mass is 525 g/mol. The standard InChI is InChI=1S/C27H31N3O6S/c1-5-30(17-21-13-15-28-16-14-21)25(31)20(3)27(19(2)7-6-8-24(27)26(32)33)29-18-37(34,35)23-11-9-22(36-4)10-12-23/h6-16,24,29H,3,5,17-18H2,1-2,4H3,(H,32,33). The lowest BCUT2D eigenvalue weighted by molar-refractivity contribution is -0.142. The zero-order valence-corrected chi connectivity index (χ0v) is 21.9. The van der Waals surface area contributed by atoms with Crippen molar-refractivity contribution >= 4 is 21.7 Å². The molecule has 1 aromatic carbocycles. The van der Waals surface area contributed by atoms with Gasteiger partial charge in [-0.2, -0.15) is 0 Å². The molecule has 0 aliphatic heterocycles.